The molecule has 0 saturated carbocycles. The molecule has 2 aliphatic rings. The highest BCUT2D eigenvalue weighted by atomic mass is 16.5. The summed E-state index contributed by atoms with van der Waals surface area (Å²) in [6, 6.07) is 0. The Morgan fingerprint density at radius 3 is 2.95 bits per heavy atom. The molecular weight excluding hydrogens is 272 g/mol. The van der Waals surface area contributed by atoms with Gasteiger partial charge in [-0.25, -0.2) is 0 Å². The van der Waals surface area contributed by atoms with E-state index in [9.17, 15) is 4.79 Å². The maximum absolute atomic E-state index is 12.8. The van der Waals surface area contributed by atoms with Crippen LogP contribution >= 0.6 is 0 Å². The van der Waals surface area contributed by atoms with Crippen LogP contribution in [0, 0.1) is 12.3 Å². The molecular formula is C14H22N4O3. The summed E-state index contributed by atoms with van der Waals surface area (Å²) in [6.45, 7) is 5.39. The molecule has 1 amide bonds. The van der Waals surface area contributed by atoms with Crippen LogP contribution in [0.15, 0.2) is 4.52 Å². The van der Waals surface area contributed by atoms with Gasteiger partial charge in [-0.05, 0) is 24.4 Å². The number of rotatable bonds is 4. The molecule has 3 rings (SSSR count). The quantitative estimate of drug-likeness (QED) is 0.819. The van der Waals surface area contributed by atoms with E-state index in [-0.39, 0.29) is 11.3 Å². The molecule has 7 nitrogen and oxygen atoms in total. The smallest absolute Gasteiger partial charge is 0.266 e. The van der Waals surface area contributed by atoms with Gasteiger partial charge in [-0.1, -0.05) is 0 Å². The minimum absolute atomic E-state index is 0.258. The van der Waals surface area contributed by atoms with Crippen molar-refractivity contribution in [3.8, 4) is 0 Å². The molecule has 1 spiro atoms. The minimum Gasteiger partial charge on any atom is -0.383 e. The average Bonchev–Trinajstić information content (AvgIpc) is 3.08. The maximum Gasteiger partial charge on any atom is 0.266 e. The molecule has 0 aromatic carbocycles. The minimum atomic E-state index is -0.277. The SMILES string of the molecule is COCCN1CCC[C@@]2(CCN(c3noc(C)n3)C2)C1=O. The van der Waals surface area contributed by atoms with Crippen molar-refractivity contribution >= 4 is 11.9 Å². The standard InChI is InChI=1S/C14H22N4O3/c1-11-15-13(16-21-11)18-7-5-14(10-18)4-3-6-17(12(14)19)8-9-20-2/h3-10H2,1-2H3/t14-/m0/s1. The zero-order valence-electron chi connectivity index (χ0n) is 12.7. The van der Waals surface area contributed by atoms with Crippen LogP contribution in [-0.2, 0) is 9.53 Å². The number of hydrogen-bond donors (Lipinski definition) is 0. The number of likely N-dealkylation sites (tertiary alicyclic amines) is 1. The molecule has 2 fully saturated rings. The molecule has 1 atom stereocenters. The summed E-state index contributed by atoms with van der Waals surface area (Å²) in [4.78, 5) is 21.1. The van der Waals surface area contributed by atoms with Gasteiger partial charge >= 0.3 is 0 Å². The summed E-state index contributed by atoms with van der Waals surface area (Å²) in [5.74, 6) is 1.42. The first kappa shape index (κ1) is 14.3. The number of aryl methyl sites for hydroxylation is 1. The number of aromatic nitrogens is 2. The number of methoxy groups -OCH3 is 1. The van der Waals surface area contributed by atoms with E-state index in [0.29, 0.717) is 31.5 Å². The van der Waals surface area contributed by atoms with Crippen molar-refractivity contribution in [1.29, 1.82) is 0 Å². The Balaban J connectivity index is 1.71. The molecule has 21 heavy (non-hydrogen) atoms. The molecule has 1 aromatic heterocycles. The fourth-order valence-corrected chi connectivity index (χ4v) is 3.41. The Morgan fingerprint density at radius 1 is 1.38 bits per heavy atom. The van der Waals surface area contributed by atoms with E-state index in [2.05, 4.69) is 15.0 Å². The first-order valence-electron chi connectivity index (χ1n) is 7.48. The number of ether oxygens (including phenoxy) is 1. The summed E-state index contributed by atoms with van der Waals surface area (Å²) in [6.07, 6.45) is 2.86. The zero-order valence-corrected chi connectivity index (χ0v) is 12.7. The summed E-state index contributed by atoms with van der Waals surface area (Å²) < 4.78 is 10.1. The first-order valence-corrected chi connectivity index (χ1v) is 7.48. The monoisotopic (exact) mass is 294 g/mol. The number of nitrogens with zero attached hydrogens (tertiary/aromatic N) is 4. The molecule has 1 aromatic rings. The summed E-state index contributed by atoms with van der Waals surface area (Å²) in [7, 11) is 1.67. The van der Waals surface area contributed by atoms with E-state index < -0.39 is 0 Å². The van der Waals surface area contributed by atoms with Crippen molar-refractivity contribution in [2.45, 2.75) is 26.2 Å². The summed E-state index contributed by atoms with van der Waals surface area (Å²) in [5, 5.41) is 3.96. The van der Waals surface area contributed by atoms with Gasteiger partial charge in [0.2, 0.25) is 11.8 Å². The largest absolute Gasteiger partial charge is 0.383 e. The van der Waals surface area contributed by atoms with Crippen LogP contribution in [0.1, 0.15) is 25.2 Å². The van der Waals surface area contributed by atoms with Crippen molar-refractivity contribution in [3.63, 3.8) is 0 Å². The number of carbonyl (C=O) groups excluding carboxylic acids is 1. The first-order chi connectivity index (χ1) is 10.1. The predicted molar refractivity (Wildman–Crippen MR) is 76.0 cm³/mol. The van der Waals surface area contributed by atoms with Crippen LogP contribution < -0.4 is 4.90 Å². The van der Waals surface area contributed by atoms with E-state index in [4.69, 9.17) is 9.26 Å². The van der Waals surface area contributed by atoms with Crippen LogP contribution in [0.3, 0.4) is 0 Å². The predicted octanol–water partition coefficient (Wildman–Crippen LogP) is 0.843. The number of anilines is 1. The topological polar surface area (TPSA) is 71.7 Å². The highest BCUT2D eigenvalue weighted by molar-refractivity contribution is 5.85. The average molecular weight is 294 g/mol. The van der Waals surface area contributed by atoms with E-state index in [0.717, 1.165) is 32.4 Å². The molecule has 116 valence electrons. The second-order valence-electron chi connectivity index (χ2n) is 5.95. The van der Waals surface area contributed by atoms with Gasteiger partial charge in [0.25, 0.3) is 5.95 Å². The van der Waals surface area contributed by atoms with Gasteiger partial charge in [0.1, 0.15) is 0 Å². The highest BCUT2D eigenvalue weighted by Crippen LogP contribution is 2.40. The lowest BCUT2D eigenvalue weighted by Crippen LogP contribution is -2.51. The van der Waals surface area contributed by atoms with Gasteiger partial charge in [0.05, 0.1) is 12.0 Å². The van der Waals surface area contributed by atoms with E-state index >= 15 is 0 Å². The van der Waals surface area contributed by atoms with Crippen molar-refractivity contribution in [2.75, 3.05) is 44.8 Å². The Labute approximate surface area is 124 Å². The fourth-order valence-electron chi connectivity index (χ4n) is 3.41. The van der Waals surface area contributed by atoms with E-state index in [1.807, 2.05) is 4.90 Å². The van der Waals surface area contributed by atoms with Crippen LogP contribution in [0.2, 0.25) is 0 Å². The molecule has 7 heteroatoms. The molecule has 2 aliphatic heterocycles. The van der Waals surface area contributed by atoms with Gasteiger partial charge in [-0.15, -0.1) is 0 Å². The molecule has 0 radical (unpaired) electrons. The number of piperidine rings is 1. The van der Waals surface area contributed by atoms with Crippen LogP contribution in [0.25, 0.3) is 0 Å². The van der Waals surface area contributed by atoms with Crippen LogP contribution in [0.5, 0.6) is 0 Å². The van der Waals surface area contributed by atoms with Gasteiger partial charge in [0.15, 0.2) is 0 Å². The van der Waals surface area contributed by atoms with Gasteiger partial charge < -0.3 is 19.1 Å². The normalized spacial score (nSPS) is 26.1. The summed E-state index contributed by atoms with van der Waals surface area (Å²) in [5.41, 5.74) is -0.277. The van der Waals surface area contributed by atoms with E-state index in [1.165, 1.54) is 0 Å². The third kappa shape index (κ3) is 2.62. The number of amides is 1. The zero-order chi connectivity index (χ0) is 14.9. The van der Waals surface area contributed by atoms with Crippen molar-refractivity contribution in [3.05, 3.63) is 5.89 Å². The lowest BCUT2D eigenvalue weighted by Gasteiger charge is -2.39. The van der Waals surface area contributed by atoms with Crippen LogP contribution in [-0.4, -0.2) is 60.8 Å². The molecule has 0 aliphatic carbocycles. The van der Waals surface area contributed by atoms with Crippen molar-refractivity contribution in [1.82, 2.24) is 15.0 Å². The Kier molecular flexibility index (Phi) is 3.84. The Bertz CT molecular complexity index is 518. The molecule has 0 bridgehead atoms. The molecule has 2 saturated heterocycles. The van der Waals surface area contributed by atoms with E-state index in [1.54, 1.807) is 14.0 Å². The van der Waals surface area contributed by atoms with Gasteiger partial charge in [-0.3, -0.25) is 4.79 Å². The Morgan fingerprint density at radius 2 is 2.24 bits per heavy atom. The lowest BCUT2D eigenvalue weighted by molar-refractivity contribution is -0.145. The molecule has 0 unspecified atom stereocenters. The third-order valence-corrected chi connectivity index (χ3v) is 4.54. The Hall–Kier alpha value is -1.63. The van der Waals surface area contributed by atoms with Gasteiger partial charge in [0, 0.05) is 40.2 Å². The van der Waals surface area contributed by atoms with Crippen molar-refractivity contribution < 1.29 is 14.1 Å². The van der Waals surface area contributed by atoms with Gasteiger partial charge in [-0.2, -0.15) is 4.98 Å². The van der Waals surface area contributed by atoms with Crippen molar-refractivity contribution in [2.24, 2.45) is 5.41 Å². The fraction of sp³-hybridized carbons (Fsp3) is 0.786. The second kappa shape index (κ2) is 5.63. The second-order valence-corrected chi connectivity index (χ2v) is 5.95. The van der Waals surface area contributed by atoms with Crippen LogP contribution in [0.4, 0.5) is 5.95 Å². The highest BCUT2D eigenvalue weighted by Gasteiger charge is 2.48. The maximum atomic E-state index is 12.8. The summed E-state index contributed by atoms with van der Waals surface area (Å²) >= 11 is 0. The number of hydrogen-bond acceptors (Lipinski definition) is 6. The lowest BCUT2D eigenvalue weighted by atomic mass is 9.78. The molecule has 3 heterocycles. The third-order valence-electron chi connectivity index (χ3n) is 4.54. The number of carbonyl (C=O) groups is 1. The molecule has 0 N–H and O–H groups in total.